The lowest BCUT2D eigenvalue weighted by atomic mass is 10.0. The van der Waals surface area contributed by atoms with Crippen molar-refractivity contribution in [2.45, 2.75) is 13.0 Å². The average molecular weight is 431 g/mol. The molecule has 1 fully saturated rings. The van der Waals surface area contributed by atoms with Crippen LogP contribution in [0.2, 0.25) is 0 Å². The number of amides is 1. The number of carbonyl (C=O) groups is 1. The third kappa shape index (κ3) is 4.00. The Morgan fingerprint density at radius 3 is 2.70 bits per heavy atom. The molecule has 3 heterocycles. The molecule has 1 aromatic carbocycles. The molecule has 1 N–H and O–H groups in total. The van der Waals surface area contributed by atoms with Crippen LogP contribution in [0.15, 0.2) is 35.4 Å². The Morgan fingerprint density at radius 1 is 1.30 bits per heavy atom. The second kappa shape index (κ2) is 8.63. The molecule has 158 valence electrons. The SMILES string of the molecule is Cc1c(C(=O)NCC(c2ccc(F)cc2)N2CCOCC2)sc2ncn(C)c(=O)c12. The van der Waals surface area contributed by atoms with Gasteiger partial charge < -0.3 is 14.6 Å². The highest BCUT2D eigenvalue weighted by Gasteiger charge is 2.25. The number of rotatable bonds is 5. The lowest BCUT2D eigenvalue weighted by Crippen LogP contribution is -2.43. The first kappa shape index (κ1) is 20.6. The van der Waals surface area contributed by atoms with Gasteiger partial charge in [-0.05, 0) is 30.2 Å². The Hall–Kier alpha value is -2.62. The van der Waals surface area contributed by atoms with Gasteiger partial charge in [-0.3, -0.25) is 14.5 Å². The van der Waals surface area contributed by atoms with Crippen molar-refractivity contribution >= 4 is 27.5 Å². The second-order valence-electron chi connectivity index (χ2n) is 7.32. The van der Waals surface area contributed by atoms with Crippen molar-refractivity contribution in [1.82, 2.24) is 19.8 Å². The lowest BCUT2D eigenvalue weighted by Gasteiger charge is -2.35. The first-order chi connectivity index (χ1) is 14.5. The Labute approximate surface area is 177 Å². The van der Waals surface area contributed by atoms with E-state index in [0.29, 0.717) is 40.4 Å². The minimum Gasteiger partial charge on any atom is -0.379 e. The first-order valence-electron chi connectivity index (χ1n) is 9.76. The topological polar surface area (TPSA) is 76.5 Å². The summed E-state index contributed by atoms with van der Waals surface area (Å²) >= 11 is 1.22. The first-order valence-corrected chi connectivity index (χ1v) is 10.6. The van der Waals surface area contributed by atoms with Crippen LogP contribution in [0.5, 0.6) is 0 Å². The maximum atomic E-state index is 13.4. The zero-order valence-electron chi connectivity index (χ0n) is 16.9. The van der Waals surface area contributed by atoms with Gasteiger partial charge in [0.1, 0.15) is 10.6 Å². The third-order valence-electron chi connectivity index (χ3n) is 5.41. The van der Waals surface area contributed by atoms with E-state index in [1.165, 1.54) is 34.4 Å². The van der Waals surface area contributed by atoms with E-state index in [-0.39, 0.29) is 23.3 Å². The van der Waals surface area contributed by atoms with Gasteiger partial charge in [0.05, 0.1) is 35.8 Å². The molecule has 0 radical (unpaired) electrons. The second-order valence-corrected chi connectivity index (χ2v) is 8.32. The van der Waals surface area contributed by atoms with E-state index in [4.69, 9.17) is 4.74 Å². The van der Waals surface area contributed by atoms with Crippen LogP contribution in [0.25, 0.3) is 10.2 Å². The third-order valence-corrected chi connectivity index (χ3v) is 6.61. The molecule has 1 unspecified atom stereocenters. The number of hydrogen-bond donors (Lipinski definition) is 1. The maximum Gasteiger partial charge on any atom is 0.262 e. The molecule has 7 nitrogen and oxygen atoms in total. The number of aromatic nitrogens is 2. The highest BCUT2D eigenvalue weighted by atomic mass is 32.1. The average Bonchev–Trinajstić information content (AvgIpc) is 3.10. The summed E-state index contributed by atoms with van der Waals surface area (Å²) in [7, 11) is 1.64. The van der Waals surface area contributed by atoms with E-state index in [2.05, 4.69) is 15.2 Å². The van der Waals surface area contributed by atoms with Crippen LogP contribution in [-0.4, -0.2) is 53.2 Å². The summed E-state index contributed by atoms with van der Waals surface area (Å²) in [6, 6.07) is 6.27. The summed E-state index contributed by atoms with van der Waals surface area (Å²) in [6.07, 6.45) is 1.46. The molecule has 9 heteroatoms. The summed E-state index contributed by atoms with van der Waals surface area (Å²) in [5, 5.41) is 3.49. The normalized spacial score (nSPS) is 16.0. The molecule has 1 aliphatic heterocycles. The van der Waals surface area contributed by atoms with E-state index in [9.17, 15) is 14.0 Å². The van der Waals surface area contributed by atoms with Gasteiger partial charge in [-0.15, -0.1) is 11.3 Å². The number of morpholine rings is 1. The van der Waals surface area contributed by atoms with Crippen molar-refractivity contribution in [3.05, 3.63) is 62.8 Å². The summed E-state index contributed by atoms with van der Waals surface area (Å²) in [6.45, 7) is 4.85. The van der Waals surface area contributed by atoms with E-state index < -0.39 is 0 Å². The van der Waals surface area contributed by atoms with Gasteiger partial charge in [0, 0.05) is 26.7 Å². The molecule has 30 heavy (non-hydrogen) atoms. The van der Waals surface area contributed by atoms with Gasteiger partial charge in [0.15, 0.2) is 0 Å². The van der Waals surface area contributed by atoms with Gasteiger partial charge >= 0.3 is 0 Å². The molecule has 1 aliphatic rings. The molecule has 1 saturated heterocycles. The molecule has 2 aromatic heterocycles. The fourth-order valence-corrected chi connectivity index (χ4v) is 4.78. The monoisotopic (exact) mass is 430 g/mol. The summed E-state index contributed by atoms with van der Waals surface area (Å²) in [5.41, 5.74) is 1.42. The molecule has 0 saturated carbocycles. The fraction of sp³-hybridized carbons (Fsp3) is 0.381. The van der Waals surface area contributed by atoms with Crippen LogP contribution in [0.4, 0.5) is 4.39 Å². The highest BCUT2D eigenvalue weighted by molar-refractivity contribution is 7.20. The summed E-state index contributed by atoms with van der Waals surface area (Å²) in [4.78, 5) is 32.9. The number of halogens is 1. The quantitative estimate of drug-likeness (QED) is 0.672. The van der Waals surface area contributed by atoms with Crippen LogP contribution in [0.3, 0.4) is 0 Å². The van der Waals surface area contributed by atoms with Crippen LogP contribution in [0, 0.1) is 12.7 Å². The van der Waals surface area contributed by atoms with Crippen LogP contribution in [0.1, 0.15) is 26.8 Å². The number of hydrogen-bond acceptors (Lipinski definition) is 6. The standard InChI is InChI=1S/C21H23FN4O3S/c1-13-17-20(24-12-25(2)21(17)28)30-18(13)19(27)23-11-16(26-7-9-29-10-8-26)14-3-5-15(22)6-4-14/h3-6,12,16H,7-11H2,1-2H3,(H,23,27). The smallest absolute Gasteiger partial charge is 0.262 e. The number of ether oxygens (including phenoxy) is 1. The van der Waals surface area contributed by atoms with Crippen LogP contribution >= 0.6 is 11.3 Å². The largest absolute Gasteiger partial charge is 0.379 e. The fourth-order valence-electron chi connectivity index (χ4n) is 3.73. The van der Waals surface area contributed by atoms with Gasteiger partial charge in [-0.2, -0.15) is 0 Å². The summed E-state index contributed by atoms with van der Waals surface area (Å²) in [5.74, 6) is -0.531. The summed E-state index contributed by atoms with van der Waals surface area (Å²) < 4.78 is 20.3. The number of nitrogens with zero attached hydrogens (tertiary/aromatic N) is 3. The van der Waals surface area contributed by atoms with Gasteiger partial charge in [-0.25, -0.2) is 9.37 Å². The van der Waals surface area contributed by atoms with Crippen molar-refractivity contribution < 1.29 is 13.9 Å². The Morgan fingerprint density at radius 2 is 2.00 bits per heavy atom. The van der Waals surface area contributed by atoms with Gasteiger partial charge in [0.25, 0.3) is 11.5 Å². The Balaban J connectivity index is 1.57. The van der Waals surface area contributed by atoms with E-state index >= 15 is 0 Å². The van der Waals surface area contributed by atoms with Crippen molar-refractivity contribution in [2.75, 3.05) is 32.8 Å². The minimum absolute atomic E-state index is 0.0980. The number of aryl methyl sites for hydroxylation is 2. The van der Waals surface area contributed by atoms with Gasteiger partial charge in [0.2, 0.25) is 0 Å². The van der Waals surface area contributed by atoms with Crippen molar-refractivity contribution in [2.24, 2.45) is 7.05 Å². The zero-order valence-corrected chi connectivity index (χ0v) is 17.7. The van der Waals surface area contributed by atoms with Crippen LogP contribution in [-0.2, 0) is 11.8 Å². The molecule has 0 aliphatic carbocycles. The maximum absolute atomic E-state index is 13.4. The van der Waals surface area contributed by atoms with E-state index in [1.54, 1.807) is 26.1 Å². The van der Waals surface area contributed by atoms with Crippen molar-refractivity contribution in [3.8, 4) is 0 Å². The number of nitrogens with one attached hydrogen (secondary N) is 1. The predicted molar refractivity (Wildman–Crippen MR) is 113 cm³/mol. The van der Waals surface area contributed by atoms with Crippen molar-refractivity contribution in [1.29, 1.82) is 0 Å². The lowest BCUT2D eigenvalue weighted by molar-refractivity contribution is 0.0162. The molecular formula is C21H23FN4O3S. The zero-order chi connectivity index (χ0) is 21.3. The number of carbonyl (C=O) groups excluding carboxylic acids is 1. The molecule has 0 bridgehead atoms. The minimum atomic E-state index is -0.293. The molecule has 1 atom stereocenters. The molecular weight excluding hydrogens is 407 g/mol. The molecule has 3 aromatic rings. The number of thiophene rings is 1. The molecule has 0 spiro atoms. The van der Waals surface area contributed by atoms with E-state index in [0.717, 1.165) is 18.7 Å². The Bertz CT molecular complexity index is 1120. The molecule has 4 rings (SSSR count). The predicted octanol–water partition coefficient (Wildman–Crippen LogP) is 2.25. The Kier molecular flexibility index (Phi) is 5.94. The number of benzene rings is 1. The van der Waals surface area contributed by atoms with E-state index in [1.807, 2.05) is 0 Å². The van der Waals surface area contributed by atoms with Crippen molar-refractivity contribution in [3.63, 3.8) is 0 Å². The number of fused-ring (bicyclic) bond motifs is 1. The highest BCUT2D eigenvalue weighted by Crippen LogP contribution is 2.27. The van der Waals surface area contributed by atoms with Crippen LogP contribution < -0.4 is 10.9 Å². The molecule has 1 amide bonds. The van der Waals surface area contributed by atoms with Gasteiger partial charge in [-0.1, -0.05) is 12.1 Å².